The Bertz CT molecular complexity index is 1000. The third-order valence-electron chi connectivity index (χ3n) is 4.12. The van der Waals surface area contributed by atoms with Gasteiger partial charge >= 0.3 is 0 Å². The van der Waals surface area contributed by atoms with Crippen LogP contribution in [0.2, 0.25) is 5.02 Å². The smallest absolute Gasteiger partial charge is 0.257 e. The van der Waals surface area contributed by atoms with Gasteiger partial charge in [0.25, 0.3) is 5.91 Å². The fourth-order valence-corrected chi connectivity index (χ4v) is 4.79. The molecular formula is C17H15BrClFN2O4S. The Morgan fingerprint density at radius 3 is 2.67 bits per heavy atom. The van der Waals surface area contributed by atoms with Crippen molar-refractivity contribution < 1.29 is 22.7 Å². The van der Waals surface area contributed by atoms with Crippen LogP contribution in [0.15, 0.2) is 45.8 Å². The lowest BCUT2D eigenvalue weighted by Gasteiger charge is -2.16. The third-order valence-corrected chi connectivity index (χ3v) is 6.92. The Morgan fingerprint density at radius 1 is 1.30 bits per heavy atom. The van der Waals surface area contributed by atoms with E-state index in [1.54, 1.807) is 0 Å². The molecule has 1 aliphatic rings. The average Bonchev–Trinajstić information content (AvgIpc) is 3.05. The summed E-state index contributed by atoms with van der Waals surface area (Å²) in [4.78, 5) is 12.4. The number of benzene rings is 2. The number of sulfonamides is 1. The van der Waals surface area contributed by atoms with Crippen LogP contribution < -0.4 is 5.32 Å². The van der Waals surface area contributed by atoms with E-state index in [4.69, 9.17) is 11.6 Å². The van der Waals surface area contributed by atoms with Crippen LogP contribution in [0.3, 0.4) is 0 Å². The zero-order chi connectivity index (χ0) is 19.8. The van der Waals surface area contributed by atoms with Gasteiger partial charge in [-0.05, 0) is 58.7 Å². The van der Waals surface area contributed by atoms with Crippen molar-refractivity contribution in [2.75, 3.05) is 18.4 Å². The molecule has 1 fully saturated rings. The molecule has 0 aromatic heterocycles. The highest BCUT2D eigenvalue weighted by Crippen LogP contribution is 2.27. The van der Waals surface area contributed by atoms with Gasteiger partial charge in [0.2, 0.25) is 10.0 Å². The molecule has 144 valence electrons. The van der Waals surface area contributed by atoms with E-state index in [1.165, 1.54) is 40.7 Å². The fraction of sp³-hybridized carbons (Fsp3) is 0.235. The molecule has 2 N–H and O–H groups in total. The second-order valence-corrected chi connectivity index (χ2v) is 9.23. The lowest BCUT2D eigenvalue weighted by Crippen LogP contribution is -2.30. The van der Waals surface area contributed by atoms with Crippen LogP contribution in [0.5, 0.6) is 0 Å². The molecule has 0 aliphatic carbocycles. The Balaban J connectivity index is 1.88. The van der Waals surface area contributed by atoms with E-state index in [2.05, 4.69) is 21.2 Å². The summed E-state index contributed by atoms with van der Waals surface area (Å²) in [5.74, 6) is -1.11. The van der Waals surface area contributed by atoms with Crippen molar-refractivity contribution in [3.63, 3.8) is 0 Å². The number of aliphatic hydroxyl groups is 1. The zero-order valence-corrected chi connectivity index (χ0v) is 17.0. The molecule has 3 rings (SSSR count). The van der Waals surface area contributed by atoms with E-state index in [-0.39, 0.29) is 33.0 Å². The summed E-state index contributed by atoms with van der Waals surface area (Å²) >= 11 is 9.10. The van der Waals surface area contributed by atoms with E-state index in [1.807, 2.05) is 0 Å². The molecule has 0 bridgehead atoms. The first kappa shape index (κ1) is 20.2. The van der Waals surface area contributed by atoms with Gasteiger partial charge < -0.3 is 10.4 Å². The van der Waals surface area contributed by atoms with Gasteiger partial charge in [-0.1, -0.05) is 11.6 Å². The molecule has 1 heterocycles. The standard InChI is InChI=1S/C17H15BrClFN2O4S/c18-14-7-10(1-4-16(14)20)21-17(24)13-8-12(2-3-15(13)19)27(25,26)22-6-5-11(23)9-22/h1-4,7-8,11,23H,5-6,9H2,(H,21,24). The van der Waals surface area contributed by atoms with Gasteiger partial charge in [-0.25, -0.2) is 12.8 Å². The van der Waals surface area contributed by atoms with Gasteiger partial charge in [-0.3, -0.25) is 4.79 Å². The maximum absolute atomic E-state index is 13.3. The largest absolute Gasteiger partial charge is 0.392 e. The van der Waals surface area contributed by atoms with E-state index in [9.17, 15) is 22.7 Å². The molecule has 2 aromatic rings. The molecule has 27 heavy (non-hydrogen) atoms. The van der Waals surface area contributed by atoms with E-state index >= 15 is 0 Å². The van der Waals surface area contributed by atoms with Crippen molar-refractivity contribution in [2.24, 2.45) is 0 Å². The van der Waals surface area contributed by atoms with Crippen LogP contribution in [0.25, 0.3) is 0 Å². The highest BCUT2D eigenvalue weighted by Gasteiger charge is 2.32. The second kappa shape index (κ2) is 7.84. The van der Waals surface area contributed by atoms with E-state index < -0.39 is 27.9 Å². The number of rotatable bonds is 4. The molecular weight excluding hydrogens is 463 g/mol. The molecule has 1 aliphatic heterocycles. The van der Waals surface area contributed by atoms with Crippen molar-refractivity contribution in [1.82, 2.24) is 4.31 Å². The number of hydrogen-bond donors (Lipinski definition) is 2. The number of anilines is 1. The van der Waals surface area contributed by atoms with E-state index in [0.29, 0.717) is 12.1 Å². The lowest BCUT2D eigenvalue weighted by molar-refractivity contribution is 0.102. The monoisotopic (exact) mass is 476 g/mol. The Kier molecular flexibility index (Phi) is 5.87. The number of aliphatic hydroxyl groups excluding tert-OH is 1. The average molecular weight is 478 g/mol. The first-order valence-electron chi connectivity index (χ1n) is 7.92. The molecule has 10 heteroatoms. The molecule has 0 radical (unpaired) electrons. The number of hydrogen-bond acceptors (Lipinski definition) is 4. The molecule has 0 saturated carbocycles. The van der Waals surface area contributed by atoms with Crippen molar-refractivity contribution in [2.45, 2.75) is 17.4 Å². The minimum Gasteiger partial charge on any atom is -0.392 e. The van der Waals surface area contributed by atoms with Crippen molar-refractivity contribution in [1.29, 1.82) is 0 Å². The first-order chi connectivity index (χ1) is 12.7. The summed E-state index contributed by atoms with van der Waals surface area (Å²) in [7, 11) is -3.85. The Hall–Kier alpha value is -1.52. The molecule has 1 unspecified atom stereocenters. The third kappa shape index (κ3) is 4.33. The molecule has 0 spiro atoms. The first-order valence-corrected chi connectivity index (χ1v) is 10.5. The maximum Gasteiger partial charge on any atom is 0.257 e. The lowest BCUT2D eigenvalue weighted by atomic mass is 10.2. The number of amides is 1. The number of β-amino-alcohol motifs (C(OH)–C–C–N with tert-alkyl or cyclic N) is 1. The van der Waals surface area contributed by atoms with Gasteiger partial charge in [0.1, 0.15) is 5.82 Å². The van der Waals surface area contributed by atoms with Gasteiger partial charge in [0, 0.05) is 18.8 Å². The van der Waals surface area contributed by atoms with Gasteiger partial charge in [0.05, 0.1) is 26.1 Å². The number of nitrogens with zero attached hydrogens (tertiary/aromatic N) is 1. The topological polar surface area (TPSA) is 86.7 Å². The summed E-state index contributed by atoms with van der Waals surface area (Å²) in [5.41, 5.74) is 0.290. The van der Waals surface area contributed by atoms with E-state index in [0.717, 1.165) is 0 Å². The zero-order valence-electron chi connectivity index (χ0n) is 13.8. The predicted molar refractivity (Wildman–Crippen MR) is 103 cm³/mol. The summed E-state index contributed by atoms with van der Waals surface area (Å²) in [6.45, 7) is 0.216. The minimum atomic E-state index is -3.85. The molecule has 1 amide bonds. The summed E-state index contributed by atoms with van der Waals surface area (Å²) in [5, 5.41) is 12.2. The Labute approximate surface area is 169 Å². The normalized spacial score (nSPS) is 17.9. The van der Waals surface area contributed by atoms with Crippen LogP contribution in [0.4, 0.5) is 10.1 Å². The van der Waals surface area contributed by atoms with Crippen LogP contribution in [-0.4, -0.2) is 42.9 Å². The maximum atomic E-state index is 13.3. The quantitative estimate of drug-likeness (QED) is 0.708. The highest BCUT2D eigenvalue weighted by atomic mass is 79.9. The van der Waals surface area contributed by atoms with Gasteiger partial charge in [0.15, 0.2) is 0 Å². The highest BCUT2D eigenvalue weighted by molar-refractivity contribution is 9.10. The van der Waals surface area contributed by atoms with Gasteiger partial charge in [-0.2, -0.15) is 4.31 Å². The predicted octanol–water partition coefficient (Wildman–Crippen LogP) is 3.25. The summed E-state index contributed by atoms with van der Waals surface area (Å²) < 4.78 is 40.1. The molecule has 6 nitrogen and oxygen atoms in total. The van der Waals surface area contributed by atoms with Crippen LogP contribution in [0.1, 0.15) is 16.8 Å². The van der Waals surface area contributed by atoms with Crippen molar-refractivity contribution >= 4 is 49.1 Å². The fourth-order valence-electron chi connectivity index (χ4n) is 2.69. The molecule has 1 atom stereocenters. The van der Waals surface area contributed by atoms with Crippen LogP contribution in [-0.2, 0) is 10.0 Å². The number of carbonyl (C=O) groups excluding carboxylic acids is 1. The summed E-state index contributed by atoms with van der Waals surface area (Å²) in [6, 6.07) is 7.77. The van der Waals surface area contributed by atoms with Crippen LogP contribution in [0, 0.1) is 5.82 Å². The minimum absolute atomic E-state index is 0.0100. The van der Waals surface area contributed by atoms with Crippen molar-refractivity contribution in [3.05, 3.63) is 57.3 Å². The van der Waals surface area contributed by atoms with Crippen LogP contribution >= 0.6 is 27.5 Å². The number of nitrogens with one attached hydrogen (secondary N) is 1. The summed E-state index contributed by atoms with van der Waals surface area (Å²) in [6.07, 6.45) is -0.341. The van der Waals surface area contributed by atoms with Crippen molar-refractivity contribution in [3.8, 4) is 0 Å². The van der Waals surface area contributed by atoms with Gasteiger partial charge in [-0.15, -0.1) is 0 Å². The number of carbonyl (C=O) groups is 1. The molecule has 2 aromatic carbocycles. The second-order valence-electron chi connectivity index (χ2n) is 6.03. The molecule has 1 saturated heterocycles. The SMILES string of the molecule is O=C(Nc1ccc(F)c(Br)c1)c1cc(S(=O)(=O)N2CCC(O)C2)ccc1Cl. The number of halogens is 3. The Morgan fingerprint density at radius 2 is 2.04 bits per heavy atom.